The predicted molar refractivity (Wildman–Crippen MR) is 75.8 cm³/mol. The maximum Gasteiger partial charge on any atom is 0.303 e. The van der Waals surface area contributed by atoms with Gasteiger partial charge in [-0.05, 0) is 6.42 Å². The van der Waals surface area contributed by atoms with Gasteiger partial charge in [-0.15, -0.1) is 6.58 Å². The van der Waals surface area contributed by atoms with Gasteiger partial charge < -0.3 is 18.9 Å². The predicted octanol–water partition coefficient (Wildman–Crippen LogP) is 1.15. The molecule has 1 aliphatic heterocycles. The second-order valence-electron chi connectivity index (χ2n) is 5.08. The molecule has 1 rings (SSSR count). The van der Waals surface area contributed by atoms with Crippen LogP contribution in [-0.2, 0) is 33.3 Å². The zero-order valence-electron chi connectivity index (χ0n) is 13.1. The monoisotopic (exact) mass is 314 g/mol. The molecule has 1 saturated heterocycles. The molecule has 0 spiro atoms. The molecule has 124 valence electrons. The van der Waals surface area contributed by atoms with E-state index in [1.807, 2.05) is 0 Å². The van der Waals surface area contributed by atoms with Crippen LogP contribution in [0.3, 0.4) is 0 Å². The highest BCUT2D eigenvalue weighted by Gasteiger charge is 2.42. The van der Waals surface area contributed by atoms with Crippen molar-refractivity contribution in [3.05, 3.63) is 12.7 Å². The van der Waals surface area contributed by atoms with Crippen molar-refractivity contribution in [3.8, 4) is 0 Å². The van der Waals surface area contributed by atoms with Gasteiger partial charge in [-0.2, -0.15) is 0 Å². The van der Waals surface area contributed by atoms with Crippen LogP contribution in [0.25, 0.3) is 0 Å². The Kier molecular flexibility index (Phi) is 7.04. The van der Waals surface area contributed by atoms with Crippen LogP contribution in [0.1, 0.15) is 33.6 Å². The van der Waals surface area contributed by atoms with Gasteiger partial charge in [-0.3, -0.25) is 14.4 Å². The molecule has 0 aromatic heterocycles. The van der Waals surface area contributed by atoms with E-state index in [2.05, 4.69) is 6.58 Å². The Balaban J connectivity index is 2.86. The van der Waals surface area contributed by atoms with Crippen LogP contribution in [0.4, 0.5) is 0 Å². The summed E-state index contributed by atoms with van der Waals surface area (Å²) in [5.41, 5.74) is 0. The fraction of sp³-hybridized carbons (Fsp3) is 0.667. The molecule has 0 amide bonds. The van der Waals surface area contributed by atoms with Crippen LogP contribution < -0.4 is 0 Å². The average molecular weight is 314 g/mol. The quantitative estimate of drug-likeness (QED) is 0.413. The molecule has 7 nitrogen and oxygen atoms in total. The summed E-state index contributed by atoms with van der Waals surface area (Å²) in [4.78, 5) is 33.5. The largest absolute Gasteiger partial charge is 0.463 e. The first-order valence-electron chi connectivity index (χ1n) is 7.07. The Bertz CT molecular complexity index is 432. The van der Waals surface area contributed by atoms with E-state index in [4.69, 9.17) is 18.9 Å². The maximum absolute atomic E-state index is 11.3. The van der Waals surface area contributed by atoms with Crippen molar-refractivity contribution < 1.29 is 33.3 Å². The Morgan fingerprint density at radius 1 is 1.14 bits per heavy atom. The molecule has 0 N–H and O–H groups in total. The van der Waals surface area contributed by atoms with Gasteiger partial charge in [-0.25, -0.2) is 0 Å². The lowest BCUT2D eigenvalue weighted by Crippen LogP contribution is -2.52. The molecule has 22 heavy (non-hydrogen) atoms. The topological polar surface area (TPSA) is 88.1 Å². The molecular weight excluding hydrogens is 292 g/mol. The van der Waals surface area contributed by atoms with Crippen molar-refractivity contribution in [2.24, 2.45) is 0 Å². The van der Waals surface area contributed by atoms with Crippen molar-refractivity contribution in [1.82, 2.24) is 0 Å². The van der Waals surface area contributed by atoms with Crippen LogP contribution in [0.5, 0.6) is 0 Å². The van der Waals surface area contributed by atoms with Gasteiger partial charge in [0.05, 0.1) is 6.10 Å². The third-order valence-corrected chi connectivity index (χ3v) is 3.09. The van der Waals surface area contributed by atoms with E-state index in [9.17, 15) is 14.4 Å². The van der Waals surface area contributed by atoms with Gasteiger partial charge in [0, 0.05) is 27.2 Å². The summed E-state index contributed by atoms with van der Waals surface area (Å²) in [6.45, 7) is 7.55. The van der Waals surface area contributed by atoms with Crippen LogP contribution in [0.15, 0.2) is 12.7 Å². The van der Waals surface area contributed by atoms with E-state index in [0.717, 1.165) is 0 Å². The molecule has 0 aromatic carbocycles. The summed E-state index contributed by atoms with van der Waals surface area (Å²) in [6, 6.07) is 0. The van der Waals surface area contributed by atoms with E-state index in [-0.39, 0.29) is 13.0 Å². The number of carbonyl (C=O) groups excluding carboxylic acids is 3. The molecule has 0 aliphatic carbocycles. The zero-order chi connectivity index (χ0) is 16.7. The SMILES string of the molecule is C=CC[C@H]1O[C@H](COC(C)=O)C[C@H](OC(C)=O)[C@@H]1OC(C)=O. The summed E-state index contributed by atoms with van der Waals surface area (Å²) in [7, 11) is 0. The summed E-state index contributed by atoms with van der Waals surface area (Å²) >= 11 is 0. The van der Waals surface area contributed by atoms with Crippen LogP contribution in [-0.4, -0.2) is 48.9 Å². The summed E-state index contributed by atoms with van der Waals surface area (Å²) in [5.74, 6) is -1.39. The summed E-state index contributed by atoms with van der Waals surface area (Å²) < 4.78 is 21.2. The minimum atomic E-state index is -0.715. The van der Waals surface area contributed by atoms with Gasteiger partial charge >= 0.3 is 17.9 Å². The number of ether oxygens (including phenoxy) is 4. The minimum absolute atomic E-state index is 0.0491. The highest BCUT2D eigenvalue weighted by atomic mass is 16.6. The second kappa shape index (κ2) is 8.53. The lowest BCUT2D eigenvalue weighted by atomic mass is 9.95. The van der Waals surface area contributed by atoms with Crippen LogP contribution in [0, 0.1) is 0 Å². The molecule has 0 unspecified atom stereocenters. The Labute approximate surface area is 129 Å². The highest BCUT2D eigenvalue weighted by molar-refractivity contribution is 5.67. The first kappa shape index (κ1) is 18.2. The third-order valence-electron chi connectivity index (χ3n) is 3.09. The minimum Gasteiger partial charge on any atom is -0.463 e. The fourth-order valence-electron chi connectivity index (χ4n) is 2.36. The molecule has 4 atom stereocenters. The average Bonchev–Trinajstić information content (AvgIpc) is 2.39. The summed E-state index contributed by atoms with van der Waals surface area (Å²) in [5, 5.41) is 0. The van der Waals surface area contributed by atoms with Crippen LogP contribution in [0.2, 0.25) is 0 Å². The summed E-state index contributed by atoms with van der Waals surface area (Å²) in [6.07, 6.45) is -0.0102. The van der Waals surface area contributed by atoms with E-state index >= 15 is 0 Å². The molecule has 0 bridgehead atoms. The van der Waals surface area contributed by atoms with Gasteiger partial charge in [-0.1, -0.05) is 6.08 Å². The standard InChI is InChI=1S/C15H22O7/c1-5-6-13-15(21-11(4)18)14(20-10(3)17)7-12(22-13)8-19-9(2)16/h5,12-15H,1,6-8H2,2-4H3/t12-,13+,14-,15+/m0/s1. The van der Waals surface area contributed by atoms with Gasteiger partial charge in [0.15, 0.2) is 6.10 Å². The van der Waals surface area contributed by atoms with Crippen molar-refractivity contribution >= 4 is 17.9 Å². The number of rotatable bonds is 6. The van der Waals surface area contributed by atoms with E-state index in [1.165, 1.54) is 20.8 Å². The maximum atomic E-state index is 11.3. The van der Waals surface area contributed by atoms with Crippen LogP contribution >= 0.6 is 0 Å². The van der Waals surface area contributed by atoms with E-state index in [0.29, 0.717) is 6.42 Å². The lowest BCUT2D eigenvalue weighted by Gasteiger charge is -2.40. The molecule has 0 aromatic rings. The number of hydrogen-bond acceptors (Lipinski definition) is 7. The van der Waals surface area contributed by atoms with Gasteiger partial charge in [0.2, 0.25) is 0 Å². The van der Waals surface area contributed by atoms with Crippen molar-refractivity contribution in [3.63, 3.8) is 0 Å². The number of hydrogen-bond donors (Lipinski definition) is 0. The first-order valence-corrected chi connectivity index (χ1v) is 7.07. The normalized spacial score (nSPS) is 27.6. The lowest BCUT2D eigenvalue weighted by molar-refractivity contribution is -0.211. The van der Waals surface area contributed by atoms with Crippen molar-refractivity contribution in [2.75, 3.05) is 6.61 Å². The van der Waals surface area contributed by atoms with Gasteiger partial charge in [0.1, 0.15) is 18.8 Å². The van der Waals surface area contributed by atoms with Gasteiger partial charge in [0.25, 0.3) is 0 Å². The van der Waals surface area contributed by atoms with Crippen molar-refractivity contribution in [1.29, 1.82) is 0 Å². The Morgan fingerprint density at radius 3 is 2.27 bits per heavy atom. The molecule has 1 aliphatic rings. The second-order valence-corrected chi connectivity index (χ2v) is 5.08. The molecular formula is C15H22O7. The Hall–Kier alpha value is -1.89. The number of carbonyl (C=O) groups is 3. The van der Waals surface area contributed by atoms with Crippen molar-refractivity contribution in [2.45, 2.75) is 58.0 Å². The third kappa shape index (κ3) is 5.85. The smallest absolute Gasteiger partial charge is 0.303 e. The first-order chi connectivity index (χ1) is 10.3. The highest BCUT2D eigenvalue weighted by Crippen LogP contribution is 2.28. The number of esters is 3. The Morgan fingerprint density at radius 2 is 1.77 bits per heavy atom. The molecule has 1 heterocycles. The molecule has 1 fully saturated rings. The molecule has 7 heteroatoms. The fourth-order valence-corrected chi connectivity index (χ4v) is 2.36. The molecule has 0 saturated carbocycles. The molecule has 0 radical (unpaired) electrons. The zero-order valence-corrected chi connectivity index (χ0v) is 13.1. The van der Waals surface area contributed by atoms with E-state index in [1.54, 1.807) is 6.08 Å². The van der Waals surface area contributed by atoms with E-state index < -0.39 is 42.3 Å².